The topological polar surface area (TPSA) is 72.5 Å². The minimum atomic E-state index is -3.58. The number of carbonyl (C=O) groups is 1. The minimum Gasteiger partial charge on any atom is -0.377 e. The van der Waals surface area contributed by atoms with Crippen LogP contribution in [0.1, 0.15) is 19.8 Å². The van der Waals surface area contributed by atoms with Gasteiger partial charge in [0.25, 0.3) is 0 Å². The first-order valence-corrected chi connectivity index (χ1v) is 8.49. The molecule has 1 fully saturated rings. The number of ether oxygens (including phenoxy) is 1. The molecular formula is C14H18FNO4S. The minimum absolute atomic E-state index is 0.148. The molecule has 5 nitrogen and oxygen atoms in total. The third-order valence-corrected chi connectivity index (χ3v) is 5.59. The largest absolute Gasteiger partial charge is 0.377 e. The predicted molar refractivity (Wildman–Crippen MR) is 77.3 cm³/mol. The van der Waals surface area contributed by atoms with Crippen LogP contribution in [0, 0.1) is 5.82 Å². The Morgan fingerprint density at radius 3 is 2.67 bits per heavy atom. The van der Waals surface area contributed by atoms with E-state index in [1.54, 1.807) is 0 Å². The molecule has 0 aromatic heterocycles. The molecule has 0 bridgehead atoms. The third kappa shape index (κ3) is 4.25. The first kappa shape index (κ1) is 15.9. The summed E-state index contributed by atoms with van der Waals surface area (Å²) >= 11 is 0. The smallest absolute Gasteiger partial charge is 0.242 e. The zero-order chi connectivity index (χ0) is 15.5. The molecule has 1 heterocycles. The third-order valence-electron chi connectivity index (χ3n) is 3.46. The molecule has 0 unspecified atom stereocenters. The standard InChI is InChI=1S/C14H18FNO4S/c1-10(21(18,19)9-13-3-2-8-20-13)14(17)16-12-6-4-11(15)5-7-12/h4-7,10,13H,2-3,8-9H2,1H3,(H,16,17)/t10-,13-/m0/s1. The highest BCUT2D eigenvalue weighted by Gasteiger charge is 2.32. The van der Waals surface area contributed by atoms with E-state index >= 15 is 0 Å². The molecule has 1 aliphatic heterocycles. The summed E-state index contributed by atoms with van der Waals surface area (Å²) in [7, 11) is -3.58. The molecule has 7 heteroatoms. The molecule has 1 aromatic carbocycles. The summed E-state index contributed by atoms with van der Waals surface area (Å²) in [6.07, 6.45) is 1.22. The predicted octanol–water partition coefficient (Wildman–Crippen LogP) is 1.75. The molecule has 1 amide bonds. The zero-order valence-electron chi connectivity index (χ0n) is 11.7. The molecule has 21 heavy (non-hydrogen) atoms. The van der Waals surface area contributed by atoms with Crippen molar-refractivity contribution in [3.05, 3.63) is 30.1 Å². The van der Waals surface area contributed by atoms with Crippen LogP contribution in [0.15, 0.2) is 24.3 Å². The van der Waals surface area contributed by atoms with Crippen LogP contribution in [0.5, 0.6) is 0 Å². The van der Waals surface area contributed by atoms with E-state index in [9.17, 15) is 17.6 Å². The summed E-state index contributed by atoms with van der Waals surface area (Å²) < 4.78 is 42.4. The van der Waals surface area contributed by atoms with Crippen LogP contribution in [-0.4, -0.2) is 38.0 Å². The Bertz CT molecular complexity index is 594. The van der Waals surface area contributed by atoms with Gasteiger partial charge in [0.2, 0.25) is 5.91 Å². The summed E-state index contributed by atoms with van der Waals surface area (Å²) in [5, 5.41) is 1.30. The summed E-state index contributed by atoms with van der Waals surface area (Å²) in [5.41, 5.74) is 0.362. The molecule has 0 spiro atoms. The number of sulfone groups is 1. The highest BCUT2D eigenvalue weighted by molar-refractivity contribution is 7.92. The second kappa shape index (κ2) is 6.53. The molecular weight excluding hydrogens is 297 g/mol. The molecule has 0 saturated carbocycles. The van der Waals surface area contributed by atoms with Gasteiger partial charge >= 0.3 is 0 Å². The average molecular weight is 315 g/mol. The summed E-state index contributed by atoms with van der Waals surface area (Å²) in [6.45, 7) is 1.92. The Morgan fingerprint density at radius 1 is 1.43 bits per heavy atom. The van der Waals surface area contributed by atoms with Crippen molar-refractivity contribution in [1.29, 1.82) is 0 Å². The van der Waals surface area contributed by atoms with Crippen molar-refractivity contribution in [2.45, 2.75) is 31.1 Å². The zero-order valence-corrected chi connectivity index (χ0v) is 12.5. The fourth-order valence-electron chi connectivity index (χ4n) is 2.12. The maximum Gasteiger partial charge on any atom is 0.242 e. The van der Waals surface area contributed by atoms with E-state index in [-0.39, 0.29) is 11.9 Å². The lowest BCUT2D eigenvalue weighted by atomic mass is 10.3. The van der Waals surface area contributed by atoms with Crippen molar-refractivity contribution in [3.63, 3.8) is 0 Å². The fraction of sp³-hybridized carbons (Fsp3) is 0.500. The molecule has 1 aliphatic rings. The van der Waals surface area contributed by atoms with E-state index in [2.05, 4.69) is 5.32 Å². The lowest BCUT2D eigenvalue weighted by Gasteiger charge is -2.16. The maximum absolute atomic E-state index is 12.8. The lowest BCUT2D eigenvalue weighted by molar-refractivity contribution is -0.115. The van der Waals surface area contributed by atoms with Crippen molar-refractivity contribution < 1.29 is 22.3 Å². The number of nitrogens with one attached hydrogen (secondary N) is 1. The van der Waals surface area contributed by atoms with Gasteiger partial charge in [-0.3, -0.25) is 4.79 Å². The van der Waals surface area contributed by atoms with E-state index in [0.717, 1.165) is 6.42 Å². The second-order valence-corrected chi connectivity index (χ2v) is 7.47. The summed E-state index contributed by atoms with van der Waals surface area (Å²) in [6, 6.07) is 5.15. The Labute approximate surface area is 123 Å². The van der Waals surface area contributed by atoms with Gasteiger partial charge in [-0.25, -0.2) is 12.8 Å². The quantitative estimate of drug-likeness (QED) is 0.898. The van der Waals surface area contributed by atoms with E-state index in [1.807, 2.05) is 0 Å². The number of hydrogen-bond acceptors (Lipinski definition) is 4. The van der Waals surface area contributed by atoms with Crippen molar-refractivity contribution in [1.82, 2.24) is 0 Å². The lowest BCUT2D eigenvalue weighted by Crippen LogP contribution is -2.37. The van der Waals surface area contributed by atoms with E-state index in [0.29, 0.717) is 18.7 Å². The van der Waals surface area contributed by atoms with E-state index in [1.165, 1.54) is 31.2 Å². The van der Waals surface area contributed by atoms with Gasteiger partial charge in [-0.15, -0.1) is 0 Å². The molecule has 1 aromatic rings. The molecule has 2 rings (SSSR count). The highest BCUT2D eigenvalue weighted by atomic mass is 32.2. The molecule has 0 aliphatic carbocycles. The van der Waals surface area contributed by atoms with E-state index in [4.69, 9.17) is 4.74 Å². The number of rotatable bonds is 5. The van der Waals surface area contributed by atoms with Crippen LogP contribution in [0.25, 0.3) is 0 Å². The van der Waals surface area contributed by atoms with Gasteiger partial charge in [0.1, 0.15) is 11.1 Å². The van der Waals surface area contributed by atoms with Gasteiger partial charge < -0.3 is 10.1 Å². The van der Waals surface area contributed by atoms with Crippen LogP contribution in [0.2, 0.25) is 0 Å². The molecule has 1 N–H and O–H groups in total. The van der Waals surface area contributed by atoms with Crippen molar-refractivity contribution in [3.8, 4) is 0 Å². The summed E-state index contributed by atoms with van der Waals surface area (Å²) in [5.74, 6) is -1.20. The van der Waals surface area contributed by atoms with Crippen LogP contribution in [0.4, 0.5) is 10.1 Å². The molecule has 0 radical (unpaired) electrons. The van der Waals surface area contributed by atoms with Gasteiger partial charge in [0.05, 0.1) is 11.9 Å². The first-order chi connectivity index (χ1) is 9.88. The molecule has 116 valence electrons. The second-order valence-electron chi connectivity index (χ2n) is 5.10. The fourth-order valence-corrected chi connectivity index (χ4v) is 3.57. The number of halogens is 1. The Morgan fingerprint density at radius 2 is 2.10 bits per heavy atom. The van der Waals surface area contributed by atoms with Crippen LogP contribution >= 0.6 is 0 Å². The Hall–Kier alpha value is -1.47. The van der Waals surface area contributed by atoms with E-state index < -0.39 is 26.8 Å². The van der Waals surface area contributed by atoms with Crippen LogP contribution in [0.3, 0.4) is 0 Å². The summed E-state index contributed by atoms with van der Waals surface area (Å²) in [4.78, 5) is 12.0. The van der Waals surface area contributed by atoms with Crippen molar-refractivity contribution >= 4 is 21.4 Å². The van der Waals surface area contributed by atoms with Gasteiger partial charge in [0.15, 0.2) is 9.84 Å². The van der Waals surface area contributed by atoms with Gasteiger partial charge in [0, 0.05) is 12.3 Å². The van der Waals surface area contributed by atoms with Gasteiger partial charge in [-0.1, -0.05) is 0 Å². The van der Waals surface area contributed by atoms with Crippen molar-refractivity contribution in [2.75, 3.05) is 17.7 Å². The average Bonchev–Trinajstić information content (AvgIpc) is 2.92. The number of hydrogen-bond donors (Lipinski definition) is 1. The number of benzene rings is 1. The van der Waals surface area contributed by atoms with Crippen LogP contribution in [-0.2, 0) is 19.4 Å². The number of anilines is 1. The van der Waals surface area contributed by atoms with Crippen molar-refractivity contribution in [2.24, 2.45) is 0 Å². The van der Waals surface area contributed by atoms with Gasteiger partial charge in [-0.05, 0) is 44.0 Å². The normalized spacial score (nSPS) is 20.2. The SMILES string of the molecule is C[C@@H](C(=O)Nc1ccc(F)cc1)S(=O)(=O)C[C@@H]1CCCO1. The maximum atomic E-state index is 12.8. The van der Waals surface area contributed by atoms with Crippen LogP contribution < -0.4 is 5.32 Å². The molecule has 2 atom stereocenters. The number of carbonyl (C=O) groups excluding carboxylic acids is 1. The monoisotopic (exact) mass is 315 g/mol. The molecule has 1 saturated heterocycles. The highest BCUT2D eigenvalue weighted by Crippen LogP contribution is 2.17. The first-order valence-electron chi connectivity index (χ1n) is 6.78. The Balaban J connectivity index is 1.98. The van der Waals surface area contributed by atoms with Gasteiger partial charge in [-0.2, -0.15) is 0 Å². The number of amides is 1. The Kier molecular flexibility index (Phi) is 4.95.